The van der Waals surface area contributed by atoms with Crippen LogP contribution in [0.4, 0.5) is 0 Å². The van der Waals surface area contributed by atoms with Crippen LogP contribution in [0.1, 0.15) is 5.76 Å². The van der Waals surface area contributed by atoms with E-state index in [0.29, 0.717) is 16.9 Å². The Labute approximate surface area is 79.2 Å². The third-order valence-corrected chi connectivity index (χ3v) is 1.82. The Morgan fingerprint density at radius 3 is 3.14 bits per heavy atom. The van der Waals surface area contributed by atoms with Crippen LogP contribution in [0.15, 0.2) is 27.5 Å². The van der Waals surface area contributed by atoms with Crippen LogP contribution in [0.25, 0.3) is 11.1 Å². The average molecular weight is 195 g/mol. The fourth-order valence-corrected chi connectivity index (χ4v) is 1.20. The summed E-state index contributed by atoms with van der Waals surface area (Å²) in [7, 11) is 1.41. The zero-order valence-electron chi connectivity index (χ0n) is 7.57. The van der Waals surface area contributed by atoms with Gasteiger partial charge in [0.2, 0.25) is 5.71 Å². The van der Waals surface area contributed by atoms with Gasteiger partial charge in [-0.05, 0) is 6.07 Å². The lowest BCUT2D eigenvalue weighted by Crippen LogP contribution is -1.96. The standard InChI is InChI=1S/C9H9NO4/c1-12-13-5-6-4-7-8(11)2-3-10-9(7)14-6/h2-4H,5H2,1H3,(H,10,11). The first-order valence-corrected chi connectivity index (χ1v) is 4.07. The summed E-state index contributed by atoms with van der Waals surface area (Å²) in [5, 5.41) is 0.516. The number of aromatic amines is 1. The van der Waals surface area contributed by atoms with Gasteiger partial charge < -0.3 is 9.40 Å². The molecule has 0 fully saturated rings. The Hall–Kier alpha value is -1.59. The lowest BCUT2D eigenvalue weighted by atomic mass is 10.3. The number of aromatic nitrogens is 1. The predicted molar refractivity (Wildman–Crippen MR) is 48.6 cm³/mol. The lowest BCUT2D eigenvalue weighted by molar-refractivity contribution is -0.284. The summed E-state index contributed by atoms with van der Waals surface area (Å²) < 4.78 is 5.29. The van der Waals surface area contributed by atoms with E-state index >= 15 is 0 Å². The molecule has 74 valence electrons. The van der Waals surface area contributed by atoms with Crippen LogP contribution >= 0.6 is 0 Å². The van der Waals surface area contributed by atoms with Crippen molar-refractivity contribution in [3.8, 4) is 0 Å². The second-order valence-electron chi connectivity index (χ2n) is 2.73. The number of rotatable bonds is 3. The molecule has 0 aromatic carbocycles. The van der Waals surface area contributed by atoms with Gasteiger partial charge in [-0.3, -0.25) is 4.79 Å². The topological polar surface area (TPSA) is 64.5 Å². The van der Waals surface area contributed by atoms with E-state index in [1.807, 2.05) is 0 Å². The molecule has 0 saturated heterocycles. The summed E-state index contributed by atoms with van der Waals surface area (Å²) in [6.07, 6.45) is 1.54. The molecule has 0 radical (unpaired) electrons. The molecule has 0 spiro atoms. The van der Waals surface area contributed by atoms with E-state index in [1.165, 1.54) is 19.4 Å². The van der Waals surface area contributed by atoms with Crippen molar-refractivity contribution in [2.24, 2.45) is 0 Å². The van der Waals surface area contributed by atoms with Crippen molar-refractivity contribution in [1.29, 1.82) is 0 Å². The van der Waals surface area contributed by atoms with Gasteiger partial charge in [0.05, 0.1) is 12.5 Å². The van der Waals surface area contributed by atoms with E-state index in [1.54, 1.807) is 6.07 Å². The maximum atomic E-state index is 11.3. The van der Waals surface area contributed by atoms with E-state index in [2.05, 4.69) is 14.8 Å². The zero-order valence-corrected chi connectivity index (χ0v) is 7.57. The molecule has 0 aliphatic carbocycles. The number of H-pyrrole nitrogens is 1. The van der Waals surface area contributed by atoms with Gasteiger partial charge in [0, 0.05) is 12.3 Å². The number of hydrogen-bond acceptors (Lipinski definition) is 4. The van der Waals surface area contributed by atoms with Gasteiger partial charge in [0.25, 0.3) is 0 Å². The maximum absolute atomic E-state index is 11.3. The van der Waals surface area contributed by atoms with Crippen molar-refractivity contribution in [3.63, 3.8) is 0 Å². The minimum atomic E-state index is -0.0776. The molecule has 2 rings (SSSR count). The van der Waals surface area contributed by atoms with Crippen molar-refractivity contribution >= 4 is 11.1 Å². The molecule has 0 aliphatic heterocycles. The second kappa shape index (κ2) is 3.65. The van der Waals surface area contributed by atoms with Gasteiger partial charge in [-0.15, -0.1) is 0 Å². The largest absolute Gasteiger partial charge is 0.442 e. The zero-order chi connectivity index (χ0) is 9.97. The summed E-state index contributed by atoms with van der Waals surface area (Å²) in [5.74, 6) is 0.543. The first-order chi connectivity index (χ1) is 6.81. The van der Waals surface area contributed by atoms with Crippen LogP contribution in [-0.2, 0) is 16.4 Å². The summed E-state index contributed by atoms with van der Waals surface area (Å²) in [6, 6.07) is 3.08. The minimum Gasteiger partial charge on any atom is -0.442 e. The first-order valence-electron chi connectivity index (χ1n) is 4.07. The monoisotopic (exact) mass is 195 g/mol. The van der Waals surface area contributed by atoms with Gasteiger partial charge in [-0.25, -0.2) is 9.78 Å². The van der Waals surface area contributed by atoms with Crippen molar-refractivity contribution in [3.05, 3.63) is 34.3 Å². The maximum Gasteiger partial charge on any atom is 0.208 e. The van der Waals surface area contributed by atoms with E-state index in [4.69, 9.17) is 4.42 Å². The highest BCUT2D eigenvalue weighted by atomic mass is 17.2. The number of nitrogens with one attached hydrogen (secondary N) is 1. The summed E-state index contributed by atoms with van der Waals surface area (Å²) in [4.78, 5) is 23.2. The number of fused-ring (bicyclic) bond motifs is 1. The average Bonchev–Trinajstić information content (AvgIpc) is 2.59. The highest BCUT2D eigenvalue weighted by Crippen LogP contribution is 2.13. The number of hydrogen-bond donors (Lipinski definition) is 1. The van der Waals surface area contributed by atoms with Crippen LogP contribution in [0.2, 0.25) is 0 Å². The quantitative estimate of drug-likeness (QED) is 0.590. The van der Waals surface area contributed by atoms with Crippen molar-refractivity contribution in [2.75, 3.05) is 7.11 Å². The van der Waals surface area contributed by atoms with Crippen LogP contribution in [0.5, 0.6) is 0 Å². The molecule has 1 N–H and O–H groups in total. The third-order valence-electron chi connectivity index (χ3n) is 1.82. The molecule has 0 saturated carbocycles. The van der Waals surface area contributed by atoms with Gasteiger partial charge in [0.15, 0.2) is 5.43 Å². The fourth-order valence-electron chi connectivity index (χ4n) is 1.20. The van der Waals surface area contributed by atoms with Crippen molar-refractivity contribution < 1.29 is 14.2 Å². The van der Waals surface area contributed by atoms with E-state index in [9.17, 15) is 4.79 Å². The molecule has 0 bridgehead atoms. The number of furan rings is 1. The lowest BCUT2D eigenvalue weighted by Gasteiger charge is -1.93. The Bertz CT molecular complexity index is 485. The van der Waals surface area contributed by atoms with Gasteiger partial charge >= 0.3 is 0 Å². The Morgan fingerprint density at radius 2 is 2.43 bits per heavy atom. The molecule has 2 heterocycles. The highest BCUT2D eigenvalue weighted by Gasteiger charge is 2.06. The third kappa shape index (κ3) is 1.55. The molecule has 0 aliphatic rings. The second-order valence-corrected chi connectivity index (χ2v) is 2.73. The predicted octanol–water partition coefficient (Wildman–Crippen LogP) is 1.20. The summed E-state index contributed by atoms with van der Waals surface area (Å²) >= 11 is 0. The molecule has 0 atom stereocenters. The molecule has 5 heteroatoms. The smallest absolute Gasteiger partial charge is 0.208 e. The molecular formula is C9H9NO4. The van der Waals surface area contributed by atoms with Gasteiger partial charge in [-0.1, -0.05) is 0 Å². The van der Waals surface area contributed by atoms with Crippen molar-refractivity contribution in [1.82, 2.24) is 4.98 Å². The van der Waals surface area contributed by atoms with Gasteiger partial charge in [-0.2, -0.15) is 0 Å². The summed E-state index contributed by atoms with van der Waals surface area (Å²) in [6.45, 7) is 0.179. The van der Waals surface area contributed by atoms with E-state index in [0.717, 1.165) is 0 Å². The van der Waals surface area contributed by atoms with Crippen molar-refractivity contribution in [2.45, 2.75) is 6.61 Å². The normalized spacial score (nSPS) is 10.9. The molecule has 0 amide bonds. The molecule has 14 heavy (non-hydrogen) atoms. The molecular weight excluding hydrogens is 186 g/mol. The minimum absolute atomic E-state index is 0.0776. The SMILES string of the molecule is COOCc1cc2c(=O)cc[nH]c2o1. The molecule has 2 aromatic heterocycles. The fraction of sp³-hybridized carbons (Fsp3) is 0.222. The Morgan fingerprint density at radius 1 is 1.57 bits per heavy atom. The molecule has 5 nitrogen and oxygen atoms in total. The van der Waals surface area contributed by atoms with E-state index in [-0.39, 0.29) is 12.0 Å². The van der Waals surface area contributed by atoms with E-state index < -0.39 is 0 Å². The Balaban J connectivity index is 2.41. The van der Waals surface area contributed by atoms with Crippen LogP contribution < -0.4 is 5.43 Å². The van der Waals surface area contributed by atoms with Gasteiger partial charge in [0.1, 0.15) is 12.4 Å². The van der Waals surface area contributed by atoms with Crippen LogP contribution in [0, 0.1) is 0 Å². The van der Waals surface area contributed by atoms with Crippen LogP contribution in [-0.4, -0.2) is 12.1 Å². The Kier molecular flexibility index (Phi) is 2.34. The molecule has 2 aromatic rings. The summed E-state index contributed by atoms with van der Waals surface area (Å²) in [5.41, 5.74) is 0.373. The number of pyridine rings is 1. The highest BCUT2D eigenvalue weighted by molar-refractivity contribution is 5.73. The van der Waals surface area contributed by atoms with Crippen LogP contribution in [0.3, 0.4) is 0 Å². The molecule has 0 unspecified atom stereocenters. The first kappa shape index (κ1) is 8.98.